The smallest absolute Gasteiger partial charge is 0.212 e. The van der Waals surface area contributed by atoms with E-state index in [9.17, 15) is 0 Å². The zero-order valence-corrected chi connectivity index (χ0v) is 11.0. The maximum absolute atomic E-state index is 3.44. The number of rotatable bonds is 2. The molecule has 0 unspecified atom stereocenters. The van der Waals surface area contributed by atoms with Gasteiger partial charge in [-0.1, -0.05) is 12.1 Å². The summed E-state index contributed by atoms with van der Waals surface area (Å²) in [6.45, 7) is 5.57. The van der Waals surface area contributed by atoms with Gasteiger partial charge < -0.3 is 5.32 Å². The number of nitrogens with zero attached hydrogens (tertiary/aromatic N) is 1. The third-order valence-electron chi connectivity index (χ3n) is 4.02. The zero-order valence-electron chi connectivity index (χ0n) is 11.0. The standard InChI is InChI=1S/C16H21N2/c1-2-18-12-15(13-7-9-17-10-8-13)11-14-5-3-4-6-16(14)18/h3-6,11-13,17H,2,7-10H2,1H3/q+1. The van der Waals surface area contributed by atoms with Gasteiger partial charge in [-0.2, -0.15) is 4.57 Å². The Morgan fingerprint density at radius 1 is 1.22 bits per heavy atom. The van der Waals surface area contributed by atoms with E-state index in [-0.39, 0.29) is 0 Å². The highest BCUT2D eigenvalue weighted by molar-refractivity contribution is 5.75. The first-order valence-electron chi connectivity index (χ1n) is 7.01. The highest BCUT2D eigenvalue weighted by Gasteiger charge is 2.19. The Bertz CT molecular complexity index is 542. The van der Waals surface area contributed by atoms with E-state index in [1.165, 1.54) is 29.3 Å². The van der Waals surface area contributed by atoms with Crippen molar-refractivity contribution in [2.24, 2.45) is 0 Å². The van der Waals surface area contributed by atoms with Crippen molar-refractivity contribution in [2.45, 2.75) is 32.2 Å². The summed E-state index contributed by atoms with van der Waals surface area (Å²) < 4.78 is 2.38. The summed E-state index contributed by atoms with van der Waals surface area (Å²) in [6.07, 6.45) is 4.89. The fraction of sp³-hybridized carbons (Fsp3) is 0.438. The second-order valence-corrected chi connectivity index (χ2v) is 5.14. The molecule has 2 heteroatoms. The van der Waals surface area contributed by atoms with Crippen molar-refractivity contribution in [3.05, 3.63) is 42.1 Å². The maximum Gasteiger partial charge on any atom is 0.212 e. The Hall–Kier alpha value is -1.41. The number of aryl methyl sites for hydroxylation is 1. The molecule has 1 saturated heterocycles. The molecule has 1 aromatic carbocycles. The Morgan fingerprint density at radius 2 is 2.00 bits per heavy atom. The molecule has 0 amide bonds. The lowest BCUT2D eigenvalue weighted by Crippen LogP contribution is -2.35. The van der Waals surface area contributed by atoms with Crippen molar-refractivity contribution < 1.29 is 4.57 Å². The van der Waals surface area contributed by atoms with E-state index in [1.807, 2.05) is 0 Å². The first-order valence-corrected chi connectivity index (χ1v) is 7.01. The average molecular weight is 241 g/mol. The van der Waals surface area contributed by atoms with E-state index >= 15 is 0 Å². The molecule has 2 aromatic rings. The van der Waals surface area contributed by atoms with Crippen molar-refractivity contribution >= 4 is 10.9 Å². The summed E-state index contributed by atoms with van der Waals surface area (Å²) in [6, 6.07) is 11.1. The van der Waals surface area contributed by atoms with Crippen LogP contribution in [0.4, 0.5) is 0 Å². The minimum Gasteiger partial charge on any atom is -0.317 e. The summed E-state index contributed by atoms with van der Waals surface area (Å²) in [5, 5.41) is 4.81. The van der Waals surface area contributed by atoms with Gasteiger partial charge in [0, 0.05) is 17.0 Å². The van der Waals surface area contributed by atoms with Crippen LogP contribution in [0.2, 0.25) is 0 Å². The van der Waals surface area contributed by atoms with Crippen molar-refractivity contribution in [1.82, 2.24) is 5.32 Å². The monoisotopic (exact) mass is 241 g/mol. The Kier molecular flexibility index (Phi) is 3.28. The molecule has 0 bridgehead atoms. The number of para-hydroxylation sites is 1. The number of fused-ring (bicyclic) bond motifs is 1. The second-order valence-electron chi connectivity index (χ2n) is 5.14. The van der Waals surface area contributed by atoms with E-state index in [4.69, 9.17) is 0 Å². The predicted molar refractivity (Wildman–Crippen MR) is 74.7 cm³/mol. The SMILES string of the molecule is CC[n+]1cc(C2CCNCC2)cc2ccccc21. The normalized spacial score (nSPS) is 17.2. The van der Waals surface area contributed by atoms with Gasteiger partial charge in [-0.3, -0.25) is 0 Å². The largest absolute Gasteiger partial charge is 0.317 e. The van der Waals surface area contributed by atoms with Crippen molar-refractivity contribution in [3.63, 3.8) is 0 Å². The van der Waals surface area contributed by atoms with Crippen LogP contribution in [0.5, 0.6) is 0 Å². The van der Waals surface area contributed by atoms with E-state index < -0.39 is 0 Å². The van der Waals surface area contributed by atoms with E-state index in [2.05, 4.69) is 53.3 Å². The van der Waals surface area contributed by atoms with Gasteiger partial charge in [0.25, 0.3) is 0 Å². The lowest BCUT2D eigenvalue weighted by Gasteiger charge is -2.22. The van der Waals surface area contributed by atoms with Gasteiger partial charge in [-0.15, -0.1) is 0 Å². The van der Waals surface area contributed by atoms with Crippen LogP contribution >= 0.6 is 0 Å². The Labute approximate surface area is 109 Å². The molecule has 0 aliphatic carbocycles. The molecule has 0 atom stereocenters. The molecule has 18 heavy (non-hydrogen) atoms. The molecule has 1 fully saturated rings. The molecular formula is C16H21N2+. The van der Waals surface area contributed by atoms with Gasteiger partial charge in [-0.05, 0) is 50.9 Å². The minimum atomic E-state index is 0.730. The van der Waals surface area contributed by atoms with Crippen LogP contribution in [0, 0.1) is 0 Å². The second kappa shape index (κ2) is 5.07. The van der Waals surface area contributed by atoms with E-state index in [1.54, 1.807) is 0 Å². The Morgan fingerprint density at radius 3 is 2.78 bits per heavy atom. The quantitative estimate of drug-likeness (QED) is 0.799. The van der Waals surface area contributed by atoms with Crippen molar-refractivity contribution in [1.29, 1.82) is 0 Å². The van der Waals surface area contributed by atoms with Crippen LogP contribution < -0.4 is 9.88 Å². The number of benzene rings is 1. The molecule has 3 rings (SSSR count). The average Bonchev–Trinajstić information content (AvgIpc) is 2.47. The molecule has 1 aromatic heterocycles. The van der Waals surface area contributed by atoms with Gasteiger partial charge in [-0.25, -0.2) is 0 Å². The summed E-state index contributed by atoms with van der Waals surface area (Å²) in [5.74, 6) is 0.730. The fourth-order valence-electron chi connectivity index (χ4n) is 2.98. The molecule has 1 aliphatic rings. The van der Waals surface area contributed by atoms with Crippen LogP contribution in [0.25, 0.3) is 10.9 Å². The highest BCUT2D eigenvalue weighted by Crippen LogP contribution is 2.26. The van der Waals surface area contributed by atoms with Crippen LogP contribution in [0.1, 0.15) is 31.2 Å². The number of pyridine rings is 1. The number of nitrogens with one attached hydrogen (secondary N) is 1. The van der Waals surface area contributed by atoms with Crippen LogP contribution in [0.15, 0.2) is 36.5 Å². The van der Waals surface area contributed by atoms with Gasteiger partial charge in [0.2, 0.25) is 5.52 Å². The first-order chi connectivity index (χ1) is 8.88. The molecule has 0 radical (unpaired) electrons. The van der Waals surface area contributed by atoms with Crippen LogP contribution in [-0.2, 0) is 6.54 Å². The number of hydrogen-bond donors (Lipinski definition) is 1. The van der Waals surface area contributed by atoms with E-state index in [0.717, 1.165) is 25.6 Å². The van der Waals surface area contributed by atoms with Crippen LogP contribution in [-0.4, -0.2) is 13.1 Å². The topological polar surface area (TPSA) is 15.9 Å². The lowest BCUT2D eigenvalue weighted by molar-refractivity contribution is -0.668. The number of hydrogen-bond acceptors (Lipinski definition) is 1. The van der Waals surface area contributed by atoms with Crippen molar-refractivity contribution in [2.75, 3.05) is 13.1 Å². The third kappa shape index (κ3) is 2.13. The first kappa shape index (κ1) is 11.7. The zero-order chi connectivity index (χ0) is 12.4. The molecular weight excluding hydrogens is 220 g/mol. The predicted octanol–water partition coefficient (Wildman–Crippen LogP) is 2.61. The molecule has 0 saturated carbocycles. The third-order valence-corrected chi connectivity index (χ3v) is 4.02. The highest BCUT2D eigenvalue weighted by atomic mass is 14.9. The van der Waals surface area contributed by atoms with Gasteiger partial charge >= 0.3 is 0 Å². The molecule has 1 aliphatic heterocycles. The van der Waals surface area contributed by atoms with Gasteiger partial charge in [0.1, 0.15) is 6.54 Å². The summed E-state index contributed by atoms with van der Waals surface area (Å²) in [4.78, 5) is 0. The summed E-state index contributed by atoms with van der Waals surface area (Å²) in [7, 11) is 0. The van der Waals surface area contributed by atoms with E-state index in [0.29, 0.717) is 0 Å². The molecule has 0 spiro atoms. The lowest BCUT2D eigenvalue weighted by atomic mass is 9.90. The summed E-state index contributed by atoms with van der Waals surface area (Å²) in [5.41, 5.74) is 2.86. The molecule has 1 N–H and O–H groups in total. The van der Waals surface area contributed by atoms with Crippen LogP contribution in [0.3, 0.4) is 0 Å². The fourth-order valence-corrected chi connectivity index (χ4v) is 2.98. The maximum atomic E-state index is 3.44. The van der Waals surface area contributed by atoms with Gasteiger partial charge in [0.15, 0.2) is 6.20 Å². The van der Waals surface area contributed by atoms with Crippen molar-refractivity contribution in [3.8, 4) is 0 Å². The molecule has 94 valence electrons. The Balaban J connectivity index is 2.07. The molecule has 2 heterocycles. The molecule has 2 nitrogen and oxygen atoms in total. The minimum absolute atomic E-state index is 0.730. The number of aromatic nitrogens is 1. The summed E-state index contributed by atoms with van der Waals surface area (Å²) >= 11 is 0. The van der Waals surface area contributed by atoms with Gasteiger partial charge in [0.05, 0.1) is 0 Å². The number of piperidine rings is 1.